The zero-order chi connectivity index (χ0) is 32.2. The van der Waals surface area contributed by atoms with Gasteiger partial charge in [0.15, 0.2) is 31.2 Å². The third-order valence-corrected chi connectivity index (χ3v) is 26.0. The Kier molecular flexibility index (Phi) is 9.65. The number of imidazole rings is 1. The van der Waals surface area contributed by atoms with E-state index in [2.05, 4.69) is 24.1 Å². The van der Waals surface area contributed by atoms with E-state index in [9.17, 15) is 36.9 Å². The topological polar surface area (TPSA) is 203 Å². The lowest BCUT2D eigenvalue weighted by atomic mass is 9.99. The number of halogens is 3. The maximum Gasteiger partial charge on any atom is 0.523 e. The van der Waals surface area contributed by atoms with Gasteiger partial charge in [-0.25, -0.2) is 19.1 Å². The van der Waals surface area contributed by atoms with Gasteiger partial charge < -0.3 is 35.2 Å². The maximum atomic E-state index is 13.7. The number of aliphatic hydroxyl groups is 3. The van der Waals surface area contributed by atoms with Crippen molar-refractivity contribution in [1.29, 1.82) is 0 Å². The van der Waals surface area contributed by atoms with Crippen LogP contribution in [0.5, 0.6) is 0 Å². The minimum atomic E-state index is -6.61. The molecule has 0 bridgehead atoms. The summed E-state index contributed by atoms with van der Waals surface area (Å²) in [4.78, 5) is 14.6. The molecule has 3 heterocycles. The first kappa shape index (κ1) is 34.8. The van der Waals surface area contributed by atoms with E-state index in [1.165, 1.54) is 6.33 Å². The molecule has 1 saturated heterocycles. The van der Waals surface area contributed by atoms with Crippen molar-refractivity contribution in [3.05, 3.63) is 12.2 Å². The Hall–Kier alpha value is -1.72. The molecular formula is C23H39F3N5O8SSi2. The maximum absolute atomic E-state index is 13.7. The Morgan fingerprint density at radius 1 is 1.10 bits per heavy atom. The largest absolute Gasteiger partial charge is 0.523 e. The van der Waals surface area contributed by atoms with E-state index >= 15 is 0 Å². The number of aromatic nitrogens is 4. The Labute approximate surface area is 244 Å². The highest BCUT2D eigenvalue weighted by atomic mass is 32.2. The van der Waals surface area contributed by atoms with Crippen LogP contribution in [-0.2, 0) is 23.5 Å². The molecule has 13 nitrogen and oxygen atoms in total. The summed E-state index contributed by atoms with van der Waals surface area (Å²) in [6.07, 6.45) is -3.13. The summed E-state index contributed by atoms with van der Waals surface area (Å²) in [5.41, 5.74) is -0.575. The van der Waals surface area contributed by atoms with Gasteiger partial charge in [-0.1, -0.05) is 66.5 Å². The summed E-state index contributed by atoms with van der Waals surface area (Å²) in [6.45, 7) is 14.1. The van der Waals surface area contributed by atoms with Gasteiger partial charge in [-0.05, 0) is 11.1 Å². The van der Waals surface area contributed by atoms with Crippen molar-refractivity contribution in [2.45, 2.75) is 107 Å². The molecule has 1 unspecified atom stereocenters. The average Bonchev–Trinajstić information content (AvgIpc) is 3.38. The lowest BCUT2D eigenvalue weighted by Crippen LogP contribution is -2.72. The summed E-state index contributed by atoms with van der Waals surface area (Å²) in [7, 11) is -11.7. The molecule has 0 spiro atoms. The number of rotatable bonds is 11. The van der Waals surface area contributed by atoms with Crippen LogP contribution < -0.4 is 5.73 Å². The van der Waals surface area contributed by atoms with Gasteiger partial charge in [-0.2, -0.15) is 21.6 Å². The van der Waals surface area contributed by atoms with Gasteiger partial charge in [0.25, 0.3) is 5.79 Å². The third kappa shape index (κ3) is 5.51. The number of nitrogen functional groups attached to an aromatic ring is 1. The highest BCUT2D eigenvalue weighted by molar-refractivity contribution is 7.87. The fourth-order valence-electron chi connectivity index (χ4n) is 6.07. The van der Waals surface area contributed by atoms with Crippen LogP contribution in [0.15, 0.2) is 6.33 Å². The smallest absolute Gasteiger partial charge is 0.393 e. The molecule has 2 aromatic heterocycles. The number of nitrogens with zero attached hydrogens (tertiary/aromatic N) is 3. The zero-order valence-corrected chi connectivity index (χ0v) is 27.4. The highest BCUT2D eigenvalue weighted by Crippen LogP contribution is 2.55. The summed E-state index contributed by atoms with van der Waals surface area (Å²) in [5.74, 6) is -8.12. The van der Waals surface area contributed by atoms with Gasteiger partial charge in [-0.3, -0.25) is 0 Å². The third-order valence-electron chi connectivity index (χ3n) is 7.59. The van der Waals surface area contributed by atoms with Gasteiger partial charge in [0.2, 0.25) is 5.79 Å². The first-order chi connectivity index (χ1) is 19.1. The van der Waals surface area contributed by atoms with Crippen molar-refractivity contribution in [2.24, 2.45) is 0 Å². The van der Waals surface area contributed by atoms with Gasteiger partial charge in [0.1, 0.15) is 11.6 Å². The minimum Gasteiger partial charge on any atom is -0.393 e. The van der Waals surface area contributed by atoms with Crippen LogP contribution in [0.4, 0.5) is 19.0 Å². The summed E-state index contributed by atoms with van der Waals surface area (Å²) in [5, 5.41) is 34.6. The molecule has 0 saturated carbocycles. The zero-order valence-electron chi connectivity index (χ0n) is 24.6. The molecule has 239 valence electrons. The Morgan fingerprint density at radius 3 is 2.10 bits per heavy atom. The van der Waals surface area contributed by atoms with E-state index in [1.54, 1.807) is 0 Å². The van der Waals surface area contributed by atoms with Crippen molar-refractivity contribution in [2.75, 3.05) is 12.3 Å². The number of aromatic amines is 1. The van der Waals surface area contributed by atoms with Crippen LogP contribution in [0.3, 0.4) is 0 Å². The molecule has 19 heteroatoms. The number of H-pyrrole nitrogens is 1. The second-order valence-corrected chi connectivity index (χ2v) is 24.5. The lowest BCUT2D eigenvalue weighted by molar-refractivity contribution is -0.330. The molecule has 4 atom stereocenters. The Morgan fingerprint density at radius 2 is 1.64 bits per heavy atom. The number of nitrogens with two attached hydrogens (primary N) is 1. The number of alkyl halides is 3. The number of ether oxygens (including phenoxy) is 1. The highest BCUT2D eigenvalue weighted by Gasteiger charge is 2.75. The number of aliphatic hydroxyl groups excluding tert-OH is 1. The lowest BCUT2D eigenvalue weighted by Gasteiger charge is -2.53. The van der Waals surface area contributed by atoms with Crippen LogP contribution in [0, 0.1) is 0 Å². The van der Waals surface area contributed by atoms with E-state index in [0.717, 1.165) is 0 Å². The fourth-order valence-corrected chi connectivity index (χ4v) is 24.1. The Bertz CT molecular complexity index is 1360. The second-order valence-electron chi connectivity index (χ2n) is 11.6. The predicted octanol–water partition coefficient (Wildman–Crippen LogP) is 2.79. The van der Waals surface area contributed by atoms with Gasteiger partial charge in [-0.15, -0.1) is 0 Å². The van der Waals surface area contributed by atoms with Crippen LogP contribution in [0.25, 0.3) is 11.2 Å². The molecule has 1 radical (unpaired) electrons. The molecular weight excluding hydrogens is 620 g/mol. The molecule has 2 aromatic rings. The number of anilines is 1. The van der Waals surface area contributed by atoms with E-state index in [4.69, 9.17) is 14.9 Å². The first-order valence-corrected chi connectivity index (χ1v) is 19.5. The molecule has 1 aliphatic rings. The van der Waals surface area contributed by atoms with Crippen molar-refractivity contribution >= 4 is 43.2 Å². The second kappa shape index (κ2) is 11.7. The first-order valence-electron chi connectivity index (χ1n) is 13.4. The number of nitrogens with one attached hydrogen (secondary N) is 1. The van der Waals surface area contributed by atoms with Crippen molar-refractivity contribution in [3.8, 4) is 0 Å². The van der Waals surface area contributed by atoms with E-state index < -0.39 is 68.0 Å². The molecule has 6 N–H and O–H groups in total. The summed E-state index contributed by atoms with van der Waals surface area (Å²) >= 11 is 0. The molecule has 0 aromatic carbocycles. The fraction of sp³-hybridized carbons (Fsp3) is 0.783. The van der Waals surface area contributed by atoms with Gasteiger partial charge in [0.05, 0.1) is 21.2 Å². The SMILES string of the molecule is CC(C)[Si](C(C)C)[Si](O[C@@]1(O)[C@@H](CO)OC(c2nc(N)c3[nH]cnc3n2)[C@]1(O)OS(=O)(=O)C(F)(F)F)(C(C)C)C(C)C. The van der Waals surface area contributed by atoms with Crippen molar-refractivity contribution in [3.63, 3.8) is 0 Å². The molecule has 42 heavy (non-hydrogen) atoms. The van der Waals surface area contributed by atoms with Crippen LogP contribution in [0.1, 0.15) is 67.3 Å². The van der Waals surface area contributed by atoms with E-state index in [1.807, 2.05) is 55.4 Å². The molecule has 1 fully saturated rings. The Balaban J connectivity index is 2.38. The van der Waals surface area contributed by atoms with Crippen LogP contribution in [-0.4, -0.2) is 89.6 Å². The molecule has 1 aliphatic heterocycles. The molecule has 3 rings (SSSR count). The van der Waals surface area contributed by atoms with E-state index in [-0.39, 0.29) is 39.1 Å². The van der Waals surface area contributed by atoms with Crippen LogP contribution in [0.2, 0.25) is 22.2 Å². The monoisotopic (exact) mass is 658 g/mol. The minimum absolute atomic E-state index is 0.0267. The summed E-state index contributed by atoms with van der Waals surface area (Å²) in [6, 6.07) is 0. The summed E-state index contributed by atoms with van der Waals surface area (Å²) < 4.78 is 82.7. The number of hydrogen-bond donors (Lipinski definition) is 5. The number of hydrogen-bond acceptors (Lipinski definition) is 12. The normalized spacial score (nSPS) is 26.2. The standard InChI is InChI=1S/C23H39F3N5O8SSi2/c1-11(2)41(12(3)4)42(13(5)6,14(7)8)39-21(33)15(9-32)37-17(22(21,34)38-40(35,36)23(24,25)26)20-30-18(27)16-19(31-20)29-10-28-16/h10-15,17,32-34H,9H2,1-8H3,(H3,27,28,29,30,31)/t15-,17?,21+,22+/m1/s1. The van der Waals surface area contributed by atoms with Gasteiger partial charge in [0, 0.05) is 0 Å². The number of fused-ring (bicyclic) bond motifs is 1. The predicted molar refractivity (Wildman–Crippen MR) is 150 cm³/mol. The van der Waals surface area contributed by atoms with Crippen molar-refractivity contribution < 1.29 is 50.3 Å². The van der Waals surface area contributed by atoms with Gasteiger partial charge >= 0.3 is 15.6 Å². The van der Waals surface area contributed by atoms with Crippen LogP contribution >= 0.6 is 0 Å². The quantitative estimate of drug-likeness (QED) is 0.102. The average molecular weight is 659 g/mol. The molecule has 0 amide bonds. The van der Waals surface area contributed by atoms with E-state index in [0.29, 0.717) is 0 Å². The molecule has 0 aliphatic carbocycles. The van der Waals surface area contributed by atoms with Crippen molar-refractivity contribution in [1.82, 2.24) is 19.9 Å².